The van der Waals surface area contributed by atoms with Gasteiger partial charge < -0.3 is 0 Å². The second kappa shape index (κ2) is 3.15. The molecule has 0 spiro atoms. The third-order valence-electron chi connectivity index (χ3n) is 1.91. The fourth-order valence-electron chi connectivity index (χ4n) is 1.32. The summed E-state index contributed by atoms with van der Waals surface area (Å²) < 4.78 is 0. The molecule has 0 aromatic carbocycles. The lowest BCUT2D eigenvalue weighted by atomic mass is 10.0. The monoisotopic (exact) mass is 160 g/mol. The van der Waals surface area contributed by atoms with Crippen LogP contribution in [-0.2, 0) is 9.59 Å². The number of ketones is 1. The molecule has 2 atom stereocenters. The molecule has 3 heteroatoms. The molecule has 0 amide bonds. The number of alkyl halides is 1. The number of rotatable bonds is 2. The van der Waals surface area contributed by atoms with Crippen LogP contribution >= 0.6 is 11.6 Å². The molecule has 0 saturated heterocycles. The van der Waals surface area contributed by atoms with Crippen LogP contribution in [0.5, 0.6) is 0 Å². The highest BCUT2D eigenvalue weighted by molar-refractivity contribution is 6.30. The quantitative estimate of drug-likeness (QED) is 0.345. The lowest BCUT2D eigenvalue weighted by Gasteiger charge is -2.06. The predicted octanol–water partition coefficient (Wildman–Crippen LogP) is 1.16. The molecule has 1 aliphatic rings. The van der Waals surface area contributed by atoms with Crippen molar-refractivity contribution in [2.24, 2.45) is 5.92 Å². The van der Waals surface area contributed by atoms with E-state index in [0.29, 0.717) is 6.29 Å². The summed E-state index contributed by atoms with van der Waals surface area (Å²) in [6.45, 7) is 0. The van der Waals surface area contributed by atoms with Crippen LogP contribution < -0.4 is 0 Å². The largest absolute Gasteiger partial charge is 0.295 e. The van der Waals surface area contributed by atoms with Gasteiger partial charge in [0.1, 0.15) is 0 Å². The maximum Gasteiger partial charge on any atom is 0.199 e. The van der Waals surface area contributed by atoms with E-state index in [1.807, 2.05) is 0 Å². The van der Waals surface area contributed by atoms with E-state index in [9.17, 15) is 9.59 Å². The van der Waals surface area contributed by atoms with Crippen LogP contribution in [0.4, 0.5) is 0 Å². The molecule has 1 rings (SSSR count). The van der Waals surface area contributed by atoms with Crippen LogP contribution in [0.1, 0.15) is 19.3 Å². The zero-order valence-electron chi connectivity index (χ0n) is 5.55. The third kappa shape index (κ3) is 1.37. The van der Waals surface area contributed by atoms with Crippen LogP contribution in [0.25, 0.3) is 0 Å². The van der Waals surface area contributed by atoms with Crippen LogP contribution in [0, 0.1) is 5.92 Å². The molecule has 0 radical (unpaired) electrons. The lowest BCUT2D eigenvalue weighted by Crippen LogP contribution is -2.19. The molecule has 1 aliphatic carbocycles. The van der Waals surface area contributed by atoms with Crippen molar-refractivity contribution in [2.75, 3.05) is 0 Å². The molecule has 1 fully saturated rings. The molecule has 1 saturated carbocycles. The summed E-state index contributed by atoms with van der Waals surface area (Å²) in [5.41, 5.74) is 0. The van der Waals surface area contributed by atoms with Crippen molar-refractivity contribution in [1.82, 2.24) is 0 Å². The molecule has 2 unspecified atom stereocenters. The first-order valence-electron chi connectivity index (χ1n) is 3.39. The van der Waals surface area contributed by atoms with E-state index in [-0.39, 0.29) is 17.1 Å². The second-order valence-corrected chi connectivity index (χ2v) is 3.13. The Morgan fingerprint density at radius 2 is 2.20 bits per heavy atom. The number of carbonyl (C=O) groups is 2. The van der Waals surface area contributed by atoms with Gasteiger partial charge >= 0.3 is 0 Å². The molecular formula is C7H9ClO2. The van der Waals surface area contributed by atoms with Gasteiger partial charge in [-0.1, -0.05) is 6.42 Å². The van der Waals surface area contributed by atoms with E-state index < -0.39 is 0 Å². The Balaban J connectivity index is 2.54. The standard InChI is InChI=1S/C7H9ClO2/c8-6-3-1-2-5(6)7(10)4-9/h4-6H,1-3H2. The topological polar surface area (TPSA) is 34.1 Å². The summed E-state index contributed by atoms with van der Waals surface area (Å²) in [6, 6.07) is 0. The minimum absolute atomic E-state index is 0.0994. The highest BCUT2D eigenvalue weighted by atomic mass is 35.5. The maximum absolute atomic E-state index is 10.8. The highest BCUT2D eigenvalue weighted by Gasteiger charge is 2.30. The first-order chi connectivity index (χ1) is 4.75. The van der Waals surface area contributed by atoms with Gasteiger partial charge in [-0.2, -0.15) is 0 Å². The summed E-state index contributed by atoms with van der Waals surface area (Å²) in [6.07, 6.45) is 3.00. The van der Waals surface area contributed by atoms with Crippen molar-refractivity contribution in [3.63, 3.8) is 0 Å². The lowest BCUT2D eigenvalue weighted by molar-refractivity contribution is -0.132. The van der Waals surface area contributed by atoms with Gasteiger partial charge in [-0.3, -0.25) is 9.59 Å². The van der Waals surface area contributed by atoms with Gasteiger partial charge in [0.25, 0.3) is 0 Å². The number of carbonyl (C=O) groups excluding carboxylic acids is 2. The molecule has 0 aromatic heterocycles. The smallest absolute Gasteiger partial charge is 0.199 e. The first kappa shape index (κ1) is 7.73. The minimum atomic E-state index is -0.336. The average molecular weight is 161 g/mol. The summed E-state index contributed by atoms with van der Waals surface area (Å²) in [5, 5.41) is -0.0994. The molecule has 0 aromatic rings. The van der Waals surface area contributed by atoms with E-state index in [1.54, 1.807) is 0 Å². The van der Waals surface area contributed by atoms with Crippen molar-refractivity contribution < 1.29 is 9.59 Å². The van der Waals surface area contributed by atoms with Crippen molar-refractivity contribution >= 4 is 23.7 Å². The molecule has 0 N–H and O–H groups in total. The van der Waals surface area contributed by atoms with Crippen molar-refractivity contribution in [1.29, 1.82) is 0 Å². The molecule has 56 valence electrons. The van der Waals surface area contributed by atoms with Crippen LogP contribution in [-0.4, -0.2) is 17.4 Å². The number of hydrogen-bond acceptors (Lipinski definition) is 2. The van der Waals surface area contributed by atoms with Crippen LogP contribution in [0.2, 0.25) is 0 Å². The Morgan fingerprint density at radius 3 is 2.60 bits per heavy atom. The Hall–Kier alpha value is -0.370. The van der Waals surface area contributed by atoms with Gasteiger partial charge in [0.05, 0.1) is 0 Å². The van der Waals surface area contributed by atoms with E-state index in [2.05, 4.69) is 0 Å². The normalized spacial score (nSPS) is 32.1. The zero-order chi connectivity index (χ0) is 7.56. The zero-order valence-corrected chi connectivity index (χ0v) is 6.30. The molecule has 0 bridgehead atoms. The second-order valence-electron chi connectivity index (χ2n) is 2.57. The fourth-order valence-corrected chi connectivity index (χ4v) is 1.73. The predicted molar refractivity (Wildman–Crippen MR) is 38.1 cm³/mol. The van der Waals surface area contributed by atoms with Crippen molar-refractivity contribution in [3.05, 3.63) is 0 Å². The number of halogens is 1. The van der Waals surface area contributed by atoms with Crippen LogP contribution in [0.3, 0.4) is 0 Å². The van der Waals surface area contributed by atoms with Gasteiger partial charge in [-0.15, -0.1) is 11.6 Å². The first-order valence-corrected chi connectivity index (χ1v) is 3.82. The van der Waals surface area contributed by atoms with Gasteiger partial charge in [0.2, 0.25) is 0 Å². The summed E-state index contributed by atoms with van der Waals surface area (Å²) >= 11 is 5.77. The van der Waals surface area contributed by atoms with Gasteiger partial charge in [0.15, 0.2) is 12.1 Å². The van der Waals surface area contributed by atoms with Gasteiger partial charge in [-0.05, 0) is 12.8 Å². The summed E-state index contributed by atoms with van der Waals surface area (Å²) in [7, 11) is 0. The molecule has 10 heavy (non-hydrogen) atoms. The van der Waals surface area contributed by atoms with Crippen molar-refractivity contribution in [3.8, 4) is 0 Å². The minimum Gasteiger partial charge on any atom is -0.295 e. The fraction of sp³-hybridized carbons (Fsp3) is 0.714. The Morgan fingerprint density at radius 1 is 1.50 bits per heavy atom. The third-order valence-corrected chi connectivity index (χ3v) is 2.44. The molecule has 0 heterocycles. The van der Waals surface area contributed by atoms with E-state index in [1.165, 1.54) is 0 Å². The average Bonchev–Trinajstić information content (AvgIpc) is 2.34. The molecule has 2 nitrogen and oxygen atoms in total. The van der Waals surface area contributed by atoms with E-state index >= 15 is 0 Å². The molecule has 0 aliphatic heterocycles. The Kier molecular flexibility index (Phi) is 2.44. The number of hydrogen-bond donors (Lipinski definition) is 0. The van der Waals surface area contributed by atoms with Crippen LogP contribution in [0.15, 0.2) is 0 Å². The SMILES string of the molecule is O=CC(=O)C1CCCC1Cl. The Bertz CT molecular complexity index is 156. The molecular weight excluding hydrogens is 152 g/mol. The number of aldehydes is 1. The van der Waals surface area contributed by atoms with Gasteiger partial charge in [0, 0.05) is 11.3 Å². The van der Waals surface area contributed by atoms with Crippen molar-refractivity contribution in [2.45, 2.75) is 24.6 Å². The number of Topliss-reactive ketones (excluding diaryl/α,β-unsaturated/α-hetero) is 1. The Labute approximate surface area is 64.5 Å². The maximum atomic E-state index is 10.8. The summed E-state index contributed by atoms with van der Waals surface area (Å²) in [4.78, 5) is 20.8. The summed E-state index contributed by atoms with van der Waals surface area (Å²) in [5.74, 6) is -0.531. The highest BCUT2D eigenvalue weighted by Crippen LogP contribution is 2.30. The van der Waals surface area contributed by atoms with E-state index in [4.69, 9.17) is 11.6 Å². The van der Waals surface area contributed by atoms with E-state index in [0.717, 1.165) is 19.3 Å². The van der Waals surface area contributed by atoms with Gasteiger partial charge in [-0.25, -0.2) is 0 Å².